The number of benzene rings is 1. The summed E-state index contributed by atoms with van der Waals surface area (Å²) in [4.78, 5) is 0. The zero-order chi connectivity index (χ0) is 9.47. The Hall–Kier alpha value is -0.990. The van der Waals surface area contributed by atoms with Crippen molar-refractivity contribution in [3.05, 3.63) is 35.4 Å². The van der Waals surface area contributed by atoms with Gasteiger partial charge in [0.25, 0.3) is 5.92 Å². The van der Waals surface area contributed by atoms with Crippen molar-refractivity contribution in [2.24, 2.45) is 0 Å². The SMILES string of the molecule is FC1CCC(F)(F)c2ccccc21. The number of alkyl halides is 3. The second-order valence-corrected chi connectivity index (χ2v) is 3.30. The summed E-state index contributed by atoms with van der Waals surface area (Å²) in [6, 6.07) is 5.85. The maximum atomic E-state index is 13.2. The Labute approximate surface area is 74.4 Å². The molecule has 0 radical (unpaired) electrons. The van der Waals surface area contributed by atoms with Gasteiger partial charge in [-0.15, -0.1) is 0 Å². The lowest BCUT2D eigenvalue weighted by Gasteiger charge is -2.27. The van der Waals surface area contributed by atoms with Crippen LogP contribution in [0.4, 0.5) is 13.2 Å². The van der Waals surface area contributed by atoms with Crippen LogP contribution in [0.15, 0.2) is 24.3 Å². The minimum Gasteiger partial charge on any atom is -0.242 e. The molecule has 0 fully saturated rings. The van der Waals surface area contributed by atoms with E-state index in [-0.39, 0.29) is 24.0 Å². The lowest BCUT2D eigenvalue weighted by atomic mass is 9.87. The van der Waals surface area contributed by atoms with Crippen molar-refractivity contribution in [1.29, 1.82) is 0 Å². The molecular weight excluding hydrogens is 177 g/mol. The Kier molecular flexibility index (Phi) is 1.82. The van der Waals surface area contributed by atoms with E-state index in [1.165, 1.54) is 18.2 Å². The van der Waals surface area contributed by atoms with Crippen molar-refractivity contribution < 1.29 is 13.2 Å². The normalized spacial score (nSPS) is 25.3. The fraction of sp³-hybridized carbons (Fsp3) is 0.400. The molecule has 1 atom stereocenters. The van der Waals surface area contributed by atoms with E-state index in [0.29, 0.717) is 0 Å². The molecule has 0 nitrogen and oxygen atoms in total. The first-order valence-corrected chi connectivity index (χ1v) is 4.22. The third-order valence-corrected chi connectivity index (χ3v) is 2.40. The number of rotatable bonds is 0. The molecule has 0 bridgehead atoms. The molecule has 2 rings (SSSR count). The van der Waals surface area contributed by atoms with Gasteiger partial charge in [-0.1, -0.05) is 24.3 Å². The van der Waals surface area contributed by atoms with Gasteiger partial charge in [0, 0.05) is 12.0 Å². The molecule has 0 saturated heterocycles. The first-order valence-electron chi connectivity index (χ1n) is 4.22. The van der Waals surface area contributed by atoms with E-state index in [9.17, 15) is 13.2 Å². The highest BCUT2D eigenvalue weighted by molar-refractivity contribution is 5.34. The molecule has 3 heteroatoms. The summed E-state index contributed by atoms with van der Waals surface area (Å²) in [5.74, 6) is -2.85. The van der Waals surface area contributed by atoms with E-state index in [1.54, 1.807) is 6.07 Å². The molecule has 1 unspecified atom stereocenters. The van der Waals surface area contributed by atoms with Crippen LogP contribution in [0, 0.1) is 0 Å². The lowest BCUT2D eigenvalue weighted by molar-refractivity contribution is -0.0325. The number of halogens is 3. The molecule has 1 aliphatic carbocycles. The van der Waals surface area contributed by atoms with Crippen molar-refractivity contribution in [2.75, 3.05) is 0 Å². The van der Waals surface area contributed by atoms with Gasteiger partial charge in [-0.3, -0.25) is 0 Å². The molecule has 1 aliphatic rings. The summed E-state index contributed by atoms with van der Waals surface area (Å²) in [7, 11) is 0. The largest absolute Gasteiger partial charge is 0.273 e. The first kappa shape index (κ1) is 8.60. The molecule has 70 valence electrons. The van der Waals surface area contributed by atoms with Crippen LogP contribution < -0.4 is 0 Å². The Morgan fingerprint density at radius 3 is 2.62 bits per heavy atom. The summed E-state index contributed by atoms with van der Waals surface area (Å²) >= 11 is 0. The Morgan fingerprint density at radius 2 is 1.92 bits per heavy atom. The maximum Gasteiger partial charge on any atom is 0.273 e. The van der Waals surface area contributed by atoms with E-state index in [4.69, 9.17) is 0 Å². The standard InChI is InChI=1S/C10H9F3/c11-9-5-6-10(12,13)8-4-2-1-3-7(8)9/h1-4,9H,5-6H2. The Bertz CT molecular complexity index is 320. The van der Waals surface area contributed by atoms with Gasteiger partial charge in [0.15, 0.2) is 0 Å². The molecule has 0 aliphatic heterocycles. The van der Waals surface area contributed by atoms with Gasteiger partial charge in [0.1, 0.15) is 6.17 Å². The topological polar surface area (TPSA) is 0 Å². The van der Waals surface area contributed by atoms with Gasteiger partial charge in [-0.25, -0.2) is 13.2 Å². The summed E-state index contributed by atoms with van der Waals surface area (Å²) in [5.41, 5.74) is 0.00694. The highest BCUT2D eigenvalue weighted by Crippen LogP contribution is 2.45. The van der Waals surface area contributed by atoms with Crippen molar-refractivity contribution in [2.45, 2.75) is 24.9 Å². The molecule has 1 aromatic rings. The third-order valence-electron chi connectivity index (χ3n) is 2.40. The van der Waals surface area contributed by atoms with Crippen LogP contribution in [-0.2, 0) is 5.92 Å². The molecule has 0 N–H and O–H groups in total. The van der Waals surface area contributed by atoms with Crippen LogP contribution in [0.5, 0.6) is 0 Å². The molecule has 0 spiro atoms. The average Bonchev–Trinajstić information content (AvgIpc) is 2.13. The fourth-order valence-electron chi connectivity index (χ4n) is 1.70. The van der Waals surface area contributed by atoms with Crippen LogP contribution in [-0.4, -0.2) is 0 Å². The molecule has 0 aromatic heterocycles. The second-order valence-electron chi connectivity index (χ2n) is 3.30. The van der Waals surface area contributed by atoms with Crippen LogP contribution >= 0.6 is 0 Å². The van der Waals surface area contributed by atoms with E-state index >= 15 is 0 Å². The van der Waals surface area contributed by atoms with Gasteiger partial charge in [-0.2, -0.15) is 0 Å². The number of hydrogen-bond donors (Lipinski definition) is 0. The second kappa shape index (κ2) is 2.76. The van der Waals surface area contributed by atoms with E-state index in [2.05, 4.69) is 0 Å². The van der Waals surface area contributed by atoms with Gasteiger partial charge in [0.2, 0.25) is 0 Å². The van der Waals surface area contributed by atoms with Crippen LogP contribution in [0.3, 0.4) is 0 Å². The third kappa shape index (κ3) is 1.32. The number of hydrogen-bond acceptors (Lipinski definition) is 0. The lowest BCUT2D eigenvalue weighted by Crippen LogP contribution is -2.22. The van der Waals surface area contributed by atoms with Gasteiger partial charge in [-0.05, 0) is 12.0 Å². The van der Waals surface area contributed by atoms with E-state index < -0.39 is 12.1 Å². The highest BCUT2D eigenvalue weighted by atomic mass is 19.3. The average molecular weight is 186 g/mol. The van der Waals surface area contributed by atoms with Crippen molar-refractivity contribution >= 4 is 0 Å². The molecule has 0 saturated carbocycles. The van der Waals surface area contributed by atoms with Crippen LogP contribution in [0.1, 0.15) is 30.1 Å². The van der Waals surface area contributed by atoms with Gasteiger partial charge in [0.05, 0.1) is 0 Å². The quantitative estimate of drug-likeness (QED) is 0.580. The molecular formula is C10H9F3. The van der Waals surface area contributed by atoms with Crippen LogP contribution in [0.25, 0.3) is 0 Å². The smallest absolute Gasteiger partial charge is 0.242 e. The predicted octanol–water partition coefficient (Wildman–Crippen LogP) is 3.58. The van der Waals surface area contributed by atoms with Crippen molar-refractivity contribution in [3.8, 4) is 0 Å². The monoisotopic (exact) mass is 186 g/mol. The van der Waals surface area contributed by atoms with Gasteiger partial charge >= 0.3 is 0 Å². The predicted molar refractivity (Wildman–Crippen MR) is 43.4 cm³/mol. The van der Waals surface area contributed by atoms with Crippen molar-refractivity contribution in [3.63, 3.8) is 0 Å². The fourth-order valence-corrected chi connectivity index (χ4v) is 1.70. The molecule has 0 heterocycles. The summed E-state index contributed by atoms with van der Waals surface area (Å²) in [6.07, 6.45) is -1.69. The minimum absolute atomic E-state index is 0.0794. The Balaban J connectivity index is 2.55. The summed E-state index contributed by atoms with van der Waals surface area (Å²) in [5, 5.41) is 0. The Morgan fingerprint density at radius 1 is 1.23 bits per heavy atom. The maximum absolute atomic E-state index is 13.2. The summed E-state index contributed by atoms with van der Waals surface area (Å²) < 4.78 is 39.6. The minimum atomic E-state index is -2.85. The molecule has 0 amide bonds. The molecule has 13 heavy (non-hydrogen) atoms. The van der Waals surface area contributed by atoms with Crippen molar-refractivity contribution in [1.82, 2.24) is 0 Å². The van der Waals surface area contributed by atoms with Gasteiger partial charge < -0.3 is 0 Å². The van der Waals surface area contributed by atoms with Crippen LogP contribution in [0.2, 0.25) is 0 Å². The first-order chi connectivity index (χ1) is 6.11. The van der Waals surface area contributed by atoms with E-state index in [1.807, 2.05) is 0 Å². The molecule has 1 aromatic carbocycles. The summed E-state index contributed by atoms with van der Waals surface area (Å²) in [6.45, 7) is 0. The highest BCUT2D eigenvalue weighted by Gasteiger charge is 2.39. The number of fused-ring (bicyclic) bond motifs is 1. The van der Waals surface area contributed by atoms with E-state index in [0.717, 1.165) is 0 Å². The zero-order valence-electron chi connectivity index (χ0n) is 6.93. The zero-order valence-corrected chi connectivity index (χ0v) is 6.93.